The van der Waals surface area contributed by atoms with Gasteiger partial charge in [0.15, 0.2) is 0 Å². The van der Waals surface area contributed by atoms with Gasteiger partial charge in [-0.1, -0.05) is 18.2 Å². The Hall–Kier alpha value is -2.30. The van der Waals surface area contributed by atoms with Gasteiger partial charge in [-0.25, -0.2) is 0 Å². The molecule has 0 spiro atoms. The highest BCUT2D eigenvalue weighted by atomic mass is 16.4. The van der Waals surface area contributed by atoms with Crippen LogP contribution in [0.4, 0.5) is 0 Å². The van der Waals surface area contributed by atoms with E-state index in [4.69, 9.17) is 0 Å². The summed E-state index contributed by atoms with van der Waals surface area (Å²) in [5, 5.41) is 10.3. The van der Waals surface area contributed by atoms with Crippen LogP contribution in [0.5, 0.6) is 0 Å². The number of amides is 1. The third kappa shape index (κ3) is 3.23. The van der Waals surface area contributed by atoms with Crippen molar-refractivity contribution >= 4 is 22.8 Å². The number of likely N-dealkylation sites (tertiary alicyclic amines) is 1. The van der Waals surface area contributed by atoms with E-state index in [9.17, 15) is 14.7 Å². The smallest absolute Gasteiger partial charge is 0.308 e. The number of fused-ring (bicyclic) bond motifs is 1. The number of aromatic nitrogens is 1. The van der Waals surface area contributed by atoms with Gasteiger partial charge in [0.25, 0.3) is 0 Å². The summed E-state index contributed by atoms with van der Waals surface area (Å²) in [6.07, 6.45) is 3.81. The number of hydrogen-bond donors (Lipinski definition) is 1. The molecule has 1 aromatic heterocycles. The average Bonchev–Trinajstić information content (AvgIpc) is 2.96. The van der Waals surface area contributed by atoms with Crippen LogP contribution in [0.25, 0.3) is 10.9 Å². The Morgan fingerprint density at radius 1 is 1.22 bits per heavy atom. The van der Waals surface area contributed by atoms with Gasteiger partial charge < -0.3 is 14.6 Å². The molecule has 0 radical (unpaired) electrons. The molecule has 1 N–H and O–H groups in total. The highest BCUT2D eigenvalue weighted by Crippen LogP contribution is 2.23. The summed E-state index contributed by atoms with van der Waals surface area (Å²) in [6.45, 7) is 2.95. The molecular weight excluding hydrogens is 292 g/mol. The molecule has 0 aliphatic carbocycles. The molecule has 0 bridgehead atoms. The molecule has 0 saturated carbocycles. The van der Waals surface area contributed by atoms with Crippen molar-refractivity contribution in [2.75, 3.05) is 6.54 Å². The standard InChI is InChI=1S/C18H22N2O3/c1-13-6-7-15(18(22)23)12-20(13)17(21)9-11-19-10-8-14-4-2-3-5-16(14)19/h2-5,8,10,13,15H,6-7,9,11-12H2,1H3,(H,22,23). The molecular formula is C18H22N2O3. The number of carboxylic acid groups (broad SMARTS) is 1. The molecule has 2 heterocycles. The lowest BCUT2D eigenvalue weighted by atomic mass is 9.93. The van der Waals surface area contributed by atoms with Crippen molar-refractivity contribution in [1.82, 2.24) is 9.47 Å². The third-order valence-corrected chi connectivity index (χ3v) is 4.80. The topological polar surface area (TPSA) is 62.5 Å². The normalized spacial score (nSPS) is 21.5. The quantitative estimate of drug-likeness (QED) is 0.944. The summed E-state index contributed by atoms with van der Waals surface area (Å²) in [5.74, 6) is -1.19. The van der Waals surface area contributed by atoms with Gasteiger partial charge in [-0.2, -0.15) is 0 Å². The third-order valence-electron chi connectivity index (χ3n) is 4.80. The first-order chi connectivity index (χ1) is 11.1. The van der Waals surface area contributed by atoms with Crippen LogP contribution in [-0.4, -0.2) is 39.0 Å². The number of aliphatic carboxylic acids is 1. The Kier molecular flexibility index (Phi) is 4.37. The number of benzene rings is 1. The van der Waals surface area contributed by atoms with E-state index < -0.39 is 11.9 Å². The van der Waals surface area contributed by atoms with E-state index in [0.717, 1.165) is 17.3 Å². The Morgan fingerprint density at radius 2 is 2.00 bits per heavy atom. The summed E-state index contributed by atoms with van der Waals surface area (Å²) < 4.78 is 2.08. The highest BCUT2D eigenvalue weighted by molar-refractivity contribution is 5.81. The molecule has 5 nitrogen and oxygen atoms in total. The minimum Gasteiger partial charge on any atom is -0.481 e. The summed E-state index contributed by atoms with van der Waals surface area (Å²) >= 11 is 0. The van der Waals surface area contributed by atoms with Gasteiger partial charge in [0.1, 0.15) is 0 Å². The molecule has 5 heteroatoms. The summed E-state index contributed by atoms with van der Waals surface area (Å²) in [5.41, 5.74) is 1.12. The first-order valence-corrected chi connectivity index (χ1v) is 8.12. The maximum atomic E-state index is 12.5. The lowest BCUT2D eigenvalue weighted by Gasteiger charge is -2.36. The molecule has 2 aromatic rings. The average molecular weight is 314 g/mol. The van der Waals surface area contributed by atoms with Crippen LogP contribution in [0, 0.1) is 5.92 Å². The zero-order valence-electron chi connectivity index (χ0n) is 13.3. The first kappa shape index (κ1) is 15.6. The van der Waals surface area contributed by atoms with Gasteiger partial charge in [0.2, 0.25) is 5.91 Å². The van der Waals surface area contributed by atoms with Crippen molar-refractivity contribution in [2.24, 2.45) is 5.92 Å². The van der Waals surface area contributed by atoms with E-state index in [0.29, 0.717) is 25.9 Å². The molecule has 1 aliphatic heterocycles. The van der Waals surface area contributed by atoms with E-state index in [1.54, 1.807) is 4.90 Å². The van der Waals surface area contributed by atoms with Crippen molar-refractivity contribution in [2.45, 2.75) is 38.8 Å². The van der Waals surface area contributed by atoms with E-state index in [2.05, 4.69) is 10.6 Å². The second-order valence-electron chi connectivity index (χ2n) is 6.33. The van der Waals surface area contributed by atoms with Crippen molar-refractivity contribution in [3.8, 4) is 0 Å². The maximum absolute atomic E-state index is 12.5. The van der Waals surface area contributed by atoms with Crippen LogP contribution in [0.2, 0.25) is 0 Å². The lowest BCUT2D eigenvalue weighted by molar-refractivity contribution is -0.147. The number of piperidine rings is 1. The summed E-state index contributed by atoms with van der Waals surface area (Å²) in [6, 6.07) is 10.3. The molecule has 2 unspecified atom stereocenters. The summed E-state index contributed by atoms with van der Waals surface area (Å²) in [4.78, 5) is 25.4. The Bertz CT molecular complexity index is 722. The number of nitrogens with zero attached hydrogens (tertiary/aromatic N) is 2. The van der Waals surface area contributed by atoms with E-state index in [1.807, 2.05) is 37.4 Å². The molecule has 23 heavy (non-hydrogen) atoms. The van der Waals surface area contributed by atoms with Crippen LogP contribution in [0.3, 0.4) is 0 Å². The van der Waals surface area contributed by atoms with E-state index >= 15 is 0 Å². The van der Waals surface area contributed by atoms with Crippen LogP contribution in [-0.2, 0) is 16.1 Å². The number of carbonyl (C=O) groups excluding carboxylic acids is 1. The number of rotatable bonds is 4. The van der Waals surface area contributed by atoms with Gasteiger partial charge in [-0.05, 0) is 37.3 Å². The van der Waals surface area contributed by atoms with Crippen molar-refractivity contribution in [1.29, 1.82) is 0 Å². The second kappa shape index (κ2) is 6.44. The highest BCUT2D eigenvalue weighted by Gasteiger charge is 2.32. The summed E-state index contributed by atoms with van der Waals surface area (Å²) in [7, 11) is 0. The van der Waals surface area contributed by atoms with Crippen LogP contribution in [0.1, 0.15) is 26.2 Å². The number of carbonyl (C=O) groups is 2. The lowest BCUT2D eigenvalue weighted by Crippen LogP contribution is -2.47. The van der Waals surface area contributed by atoms with Gasteiger partial charge in [0, 0.05) is 37.3 Å². The minimum absolute atomic E-state index is 0.0428. The van der Waals surface area contributed by atoms with Gasteiger partial charge >= 0.3 is 5.97 Å². The minimum atomic E-state index is -0.800. The molecule has 1 aromatic carbocycles. The molecule has 1 amide bonds. The zero-order chi connectivity index (χ0) is 16.4. The number of hydrogen-bond acceptors (Lipinski definition) is 2. The van der Waals surface area contributed by atoms with Crippen LogP contribution < -0.4 is 0 Å². The molecule has 3 rings (SSSR count). The molecule has 1 saturated heterocycles. The SMILES string of the molecule is CC1CCC(C(=O)O)CN1C(=O)CCn1ccc2ccccc21. The van der Waals surface area contributed by atoms with E-state index in [1.165, 1.54) is 0 Å². The Labute approximate surface area is 135 Å². The fourth-order valence-corrected chi connectivity index (χ4v) is 3.35. The second-order valence-corrected chi connectivity index (χ2v) is 6.33. The predicted molar refractivity (Wildman–Crippen MR) is 88.1 cm³/mol. The van der Waals surface area contributed by atoms with Gasteiger partial charge in [-0.15, -0.1) is 0 Å². The first-order valence-electron chi connectivity index (χ1n) is 8.12. The van der Waals surface area contributed by atoms with Crippen LogP contribution >= 0.6 is 0 Å². The van der Waals surface area contributed by atoms with Gasteiger partial charge in [-0.3, -0.25) is 9.59 Å². The van der Waals surface area contributed by atoms with Crippen molar-refractivity contribution in [3.05, 3.63) is 36.5 Å². The monoisotopic (exact) mass is 314 g/mol. The Balaban J connectivity index is 1.65. The number of carboxylic acids is 1. The Morgan fingerprint density at radius 3 is 2.78 bits per heavy atom. The predicted octanol–water partition coefficient (Wildman–Crippen LogP) is 2.74. The molecule has 2 atom stereocenters. The van der Waals surface area contributed by atoms with Gasteiger partial charge in [0.05, 0.1) is 5.92 Å². The molecule has 1 aliphatic rings. The largest absolute Gasteiger partial charge is 0.481 e. The zero-order valence-corrected chi connectivity index (χ0v) is 13.3. The van der Waals surface area contributed by atoms with Crippen LogP contribution in [0.15, 0.2) is 36.5 Å². The van der Waals surface area contributed by atoms with E-state index in [-0.39, 0.29) is 11.9 Å². The molecule has 122 valence electrons. The maximum Gasteiger partial charge on any atom is 0.308 e. The van der Waals surface area contributed by atoms with Crippen molar-refractivity contribution < 1.29 is 14.7 Å². The molecule has 1 fully saturated rings. The fraction of sp³-hybridized carbons (Fsp3) is 0.444. The number of aryl methyl sites for hydroxylation is 1. The number of para-hydroxylation sites is 1. The fourth-order valence-electron chi connectivity index (χ4n) is 3.35. The van der Waals surface area contributed by atoms with Crippen molar-refractivity contribution in [3.63, 3.8) is 0 Å².